The second-order valence-corrected chi connectivity index (χ2v) is 5.32. The van der Waals surface area contributed by atoms with Gasteiger partial charge in [-0.05, 0) is 44.9 Å². The summed E-state index contributed by atoms with van der Waals surface area (Å²) in [5.74, 6) is -0.265. The van der Waals surface area contributed by atoms with Gasteiger partial charge in [-0.15, -0.1) is 0 Å². The zero-order valence-corrected chi connectivity index (χ0v) is 11.8. The molecule has 1 aromatic rings. The molecule has 0 aromatic heterocycles. The van der Waals surface area contributed by atoms with Crippen molar-refractivity contribution in [2.75, 3.05) is 24.6 Å². The quantitative estimate of drug-likeness (QED) is 0.894. The number of aryl methyl sites for hydroxylation is 1. The predicted molar refractivity (Wildman–Crippen MR) is 74.0 cm³/mol. The predicted octanol–water partition coefficient (Wildman–Crippen LogP) is 2.80. The Morgan fingerprint density at radius 2 is 2.21 bits per heavy atom. The monoisotopic (exact) mass is 267 g/mol. The van der Waals surface area contributed by atoms with E-state index in [-0.39, 0.29) is 11.9 Å². The molecule has 0 aliphatic carbocycles. The lowest BCUT2D eigenvalue weighted by Crippen LogP contribution is -2.31. The van der Waals surface area contributed by atoms with Crippen molar-refractivity contribution in [2.24, 2.45) is 0 Å². The van der Waals surface area contributed by atoms with Gasteiger partial charge in [-0.2, -0.15) is 0 Å². The van der Waals surface area contributed by atoms with Crippen molar-refractivity contribution in [1.82, 2.24) is 0 Å². The second-order valence-electron chi connectivity index (χ2n) is 5.32. The minimum Gasteiger partial charge on any atom is -0.389 e. The van der Waals surface area contributed by atoms with Gasteiger partial charge in [0.05, 0.1) is 12.2 Å². The van der Waals surface area contributed by atoms with Crippen LogP contribution in [0.5, 0.6) is 0 Å². The third kappa shape index (κ3) is 3.25. The van der Waals surface area contributed by atoms with Crippen LogP contribution >= 0.6 is 0 Å². The average Bonchev–Trinajstić information content (AvgIpc) is 2.56. The van der Waals surface area contributed by atoms with Gasteiger partial charge >= 0.3 is 0 Å². The fourth-order valence-electron chi connectivity index (χ4n) is 2.50. The van der Waals surface area contributed by atoms with Crippen molar-refractivity contribution in [2.45, 2.75) is 39.4 Å². The van der Waals surface area contributed by atoms with Crippen LogP contribution in [0.4, 0.5) is 10.1 Å². The smallest absolute Gasteiger partial charge is 0.126 e. The highest BCUT2D eigenvalue weighted by molar-refractivity contribution is 5.57. The SMILES string of the molecule is Cc1cc(N2CCCOC(C)C2)c([C@H](C)O)cc1F. The van der Waals surface area contributed by atoms with Gasteiger partial charge < -0.3 is 14.7 Å². The molecule has 2 atom stereocenters. The van der Waals surface area contributed by atoms with E-state index in [4.69, 9.17) is 4.74 Å². The maximum absolute atomic E-state index is 13.7. The zero-order valence-electron chi connectivity index (χ0n) is 11.8. The molecule has 106 valence electrons. The molecule has 0 bridgehead atoms. The topological polar surface area (TPSA) is 32.7 Å². The maximum atomic E-state index is 13.7. The number of aliphatic hydroxyl groups excluding tert-OH is 1. The fraction of sp³-hybridized carbons (Fsp3) is 0.600. The molecule has 1 heterocycles. The molecule has 1 N–H and O–H groups in total. The van der Waals surface area contributed by atoms with Crippen molar-refractivity contribution < 1.29 is 14.2 Å². The molecule has 1 unspecified atom stereocenters. The summed E-state index contributed by atoms with van der Waals surface area (Å²) in [4.78, 5) is 2.19. The summed E-state index contributed by atoms with van der Waals surface area (Å²) in [5.41, 5.74) is 2.18. The van der Waals surface area contributed by atoms with E-state index in [1.807, 2.05) is 13.0 Å². The molecule has 2 rings (SSSR count). The van der Waals surface area contributed by atoms with E-state index in [1.54, 1.807) is 13.8 Å². The summed E-state index contributed by atoms with van der Waals surface area (Å²) in [6.07, 6.45) is 0.416. The molecule has 19 heavy (non-hydrogen) atoms. The Balaban J connectivity index is 2.38. The molecule has 1 saturated heterocycles. The first-order valence-electron chi connectivity index (χ1n) is 6.83. The van der Waals surface area contributed by atoms with Gasteiger partial charge in [0.2, 0.25) is 0 Å². The number of nitrogens with zero attached hydrogens (tertiary/aromatic N) is 1. The molecule has 0 radical (unpaired) electrons. The van der Waals surface area contributed by atoms with Crippen molar-refractivity contribution in [3.63, 3.8) is 0 Å². The van der Waals surface area contributed by atoms with Crippen LogP contribution in [0, 0.1) is 12.7 Å². The third-order valence-electron chi connectivity index (χ3n) is 3.55. The van der Waals surface area contributed by atoms with Crippen LogP contribution in [0.15, 0.2) is 12.1 Å². The van der Waals surface area contributed by atoms with E-state index in [0.29, 0.717) is 11.1 Å². The van der Waals surface area contributed by atoms with E-state index in [9.17, 15) is 9.50 Å². The van der Waals surface area contributed by atoms with Gasteiger partial charge in [0.15, 0.2) is 0 Å². The number of anilines is 1. The first-order chi connectivity index (χ1) is 8.99. The highest BCUT2D eigenvalue weighted by atomic mass is 19.1. The van der Waals surface area contributed by atoms with Gasteiger partial charge in [-0.25, -0.2) is 4.39 Å². The van der Waals surface area contributed by atoms with Crippen LogP contribution in [0.1, 0.15) is 37.5 Å². The molecule has 0 saturated carbocycles. The molecular formula is C15H22FNO2. The van der Waals surface area contributed by atoms with Gasteiger partial charge in [0.25, 0.3) is 0 Å². The maximum Gasteiger partial charge on any atom is 0.126 e. The number of rotatable bonds is 2. The van der Waals surface area contributed by atoms with Crippen molar-refractivity contribution in [1.29, 1.82) is 0 Å². The number of halogens is 1. The van der Waals surface area contributed by atoms with Crippen molar-refractivity contribution >= 4 is 5.69 Å². The molecule has 1 aliphatic rings. The number of hydrogen-bond donors (Lipinski definition) is 1. The molecule has 3 nitrogen and oxygen atoms in total. The number of aliphatic hydroxyl groups is 1. The first kappa shape index (κ1) is 14.3. The fourth-order valence-corrected chi connectivity index (χ4v) is 2.50. The van der Waals surface area contributed by atoms with E-state index < -0.39 is 6.10 Å². The zero-order chi connectivity index (χ0) is 14.0. The van der Waals surface area contributed by atoms with Crippen molar-refractivity contribution in [3.05, 3.63) is 29.1 Å². The Labute approximate surface area is 114 Å². The molecule has 1 aromatic carbocycles. The Morgan fingerprint density at radius 3 is 2.89 bits per heavy atom. The molecular weight excluding hydrogens is 245 g/mol. The van der Waals surface area contributed by atoms with Crippen LogP contribution < -0.4 is 4.90 Å². The van der Waals surface area contributed by atoms with E-state index in [1.165, 1.54) is 6.07 Å². The molecule has 0 amide bonds. The number of hydrogen-bond acceptors (Lipinski definition) is 3. The summed E-state index contributed by atoms with van der Waals surface area (Å²) >= 11 is 0. The van der Waals surface area contributed by atoms with Gasteiger partial charge in [-0.3, -0.25) is 0 Å². The van der Waals surface area contributed by atoms with Crippen LogP contribution in [0.3, 0.4) is 0 Å². The lowest BCUT2D eigenvalue weighted by molar-refractivity contribution is 0.0820. The Morgan fingerprint density at radius 1 is 1.47 bits per heavy atom. The lowest BCUT2D eigenvalue weighted by atomic mass is 10.0. The van der Waals surface area contributed by atoms with Gasteiger partial charge in [0, 0.05) is 30.9 Å². The first-order valence-corrected chi connectivity index (χ1v) is 6.83. The van der Waals surface area contributed by atoms with Crippen LogP contribution in [0.2, 0.25) is 0 Å². The Hall–Kier alpha value is -1.13. The lowest BCUT2D eigenvalue weighted by Gasteiger charge is -2.28. The number of ether oxygens (including phenoxy) is 1. The highest BCUT2D eigenvalue weighted by Crippen LogP contribution is 2.30. The van der Waals surface area contributed by atoms with E-state index >= 15 is 0 Å². The van der Waals surface area contributed by atoms with E-state index in [2.05, 4.69) is 4.90 Å². The standard InChI is InChI=1S/C15H22FNO2/c1-10-7-15(13(12(3)18)8-14(10)16)17-5-4-6-19-11(2)9-17/h7-8,11-12,18H,4-6,9H2,1-3H3/t11?,12-/m0/s1. The molecule has 4 heteroatoms. The van der Waals surface area contributed by atoms with Crippen LogP contribution in [-0.2, 0) is 4.74 Å². The molecule has 1 fully saturated rings. The van der Waals surface area contributed by atoms with Gasteiger partial charge in [-0.1, -0.05) is 0 Å². The molecule has 0 spiro atoms. The normalized spacial score (nSPS) is 22.2. The minimum atomic E-state index is -0.676. The van der Waals surface area contributed by atoms with E-state index in [0.717, 1.165) is 31.8 Å². The van der Waals surface area contributed by atoms with Crippen LogP contribution in [-0.4, -0.2) is 30.9 Å². The second kappa shape index (κ2) is 5.88. The van der Waals surface area contributed by atoms with Crippen LogP contribution in [0.25, 0.3) is 0 Å². The minimum absolute atomic E-state index is 0.148. The Kier molecular flexibility index (Phi) is 4.42. The number of benzene rings is 1. The molecule has 1 aliphatic heterocycles. The largest absolute Gasteiger partial charge is 0.389 e. The average molecular weight is 267 g/mol. The summed E-state index contributed by atoms with van der Waals surface area (Å²) in [7, 11) is 0. The van der Waals surface area contributed by atoms with Crippen molar-refractivity contribution in [3.8, 4) is 0 Å². The third-order valence-corrected chi connectivity index (χ3v) is 3.55. The summed E-state index contributed by atoms with van der Waals surface area (Å²) in [6.45, 7) is 7.85. The Bertz CT molecular complexity index is 448. The summed E-state index contributed by atoms with van der Waals surface area (Å²) in [5, 5.41) is 9.86. The summed E-state index contributed by atoms with van der Waals surface area (Å²) in [6, 6.07) is 3.28. The highest BCUT2D eigenvalue weighted by Gasteiger charge is 2.20. The summed E-state index contributed by atoms with van der Waals surface area (Å²) < 4.78 is 19.3. The van der Waals surface area contributed by atoms with Gasteiger partial charge in [0.1, 0.15) is 5.82 Å².